The van der Waals surface area contributed by atoms with Crippen LogP contribution in [-0.2, 0) is 5.41 Å². The van der Waals surface area contributed by atoms with E-state index in [4.69, 9.17) is 4.52 Å². The monoisotopic (exact) mass is 343 g/mol. The minimum absolute atomic E-state index is 0.00992. The standard InChI is InChI=1S/C18H25N5O2/c1-11-16(12(2)25-21-11)17(24)22(6)13-9-23(10-13)15-8-7-14(19-20-15)18(3,4)5/h7-8,13H,9-10H2,1-6H3. The van der Waals surface area contributed by atoms with Gasteiger partial charge in [0.05, 0.1) is 17.4 Å². The molecule has 0 unspecified atom stereocenters. The van der Waals surface area contributed by atoms with Gasteiger partial charge in [0, 0.05) is 25.6 Å². The third kappa shape index (κ3) is 3.23. The summed E-state index contributed by atoms with van der Waals surface area (Å²) in [6.45, 7) is 11.4. The molecule has 0 aromatic carbocycles. The van der Waals surface area contributed by atoms with Crippen molar-refractivity contribution in [1.29, 1.82) is 0 Å². The van der Waals surface area contributed by atoms with Crippen LogP contribution in [-0.4, -0.2) is 52.3 Å². The van der Waals surface area contributed by atoms with Crippen LogP contribution in [0.1, 0.15) is 48.3 Å². The summed E-state index contributed by atoms with van der Waals surface area (Å²) in [5, 5.41) is 12.5. The Hall–Kier alpha value is -2.44. The Balaban J connectivity index is 1.63. The molecule has 0 atom stereocenters. The highest BCUT2D eigenvalue weighted by molar-refractivity contribution is 5.96. The van der Waals surface area contributed by atoms with Crippen LogP contribution in [0.3, 0.4) is 0 Å². The average Bonchev–Trinajstić information content (AvgIpc) is 2.83. The lowest BCUT2D eigenvalue weighted by Gasteiger charge is -2.44. The number of nitrogens with zero attached hydrogens (tertiary/aromatic N) is 5. The van der Waals surface area contributed by atoms with Gasteiger partial charge in [-0.15, -0.1) is 5.10 Å². The first kappa shape index (κ1) is 17.4. The van der Waals surface area contributed by atoms with Gasteiger partial charge in [0.2, 0.25) is 0 Å². The first-order chi connectivity index (χ1) is 11.7. The fraction of sp³-hybridized carbons (Fsp3) is 0.556. The van der Waals surface area contributed by atoms with Crippen LogP contribution in [0.4, 0.5) is 5.82 Å². The lowest BCUT2D eigenvalue weighted by atomic mass is 9.92. The quantitative estimate of drug-likeness (QED) is 0.851. The van der Waals surface area contributed by atoms with Crippen LogP contribution in [0, 0.1) is 13.8 Å². The predicted octanol–water partition coefficient (Wildman–Crippen LogP) is 2.34. The van der Waals surface area contributed by atoms with Crippen LogP contribution in [0.25, 0.3) is 0 Å². The zero-order chi connectivity index (χ0) is 18.4. The summed E-state index contributed by atoms with van der Waals surface area (Å²) in [4.78, 5) is 16.5. The number of amides is 1. The molecule has 2 aromatic rings. The lowest BCUT2D eigenvalue weighted by Crippen LogP contribution is -2.60. The normalized spacial score (nSPS) is 15.2. The topological polar surface area (TPSA) is 75.4 Å². The molecule has 2 aromatic heterocycles. The van der Waals surface area contributed by atoms with Gasteiger partial charge >= 0.3 is 0 Å². The van der Waals surface area contributed by atoms with Crippen molar-refractivity contribution in [2.75, 3.05) is 25.0 Å². The lowest BCUT2D eigenvalue weighted by molar-refractivity contribution is 0.0702. The highest BCUT2D eigenvalue weighted by atomic mass is 16.5. The number of anilines is 1. The van der Waals surface area contributed by atoms with Crippen LogP contribution < -0.4 is 4.90 Å². The number of aryl methyl sites for hydroxylation is 2. The van der Waals surface area contributed by atoms with E-state index in [1.807, 2.05) is 19.2 Å². The highest BCUT2D eigenvalue weighted by Gasteiger charge is 2.35. The molecule has 0 aliphatic carbocycles. The molecule has 7 heteroatoms. The minimum atomic E-state index is -0.0462. The molecular weight excluding hydrogens is 318 g/mol. The molecule has 0 saturated carbocycles. The Morgan fingerprint density at radius 3 is 2.40 bits per heavy atom. The molecule has 0 N–H and O–H groups in total. The van der Waals surface area contributed by atoms with Gasteiger partial charge in [0.25, 0.3) is 5.91 Å². The first-order valence-corrected chi connectivity index (χ1v) is 8.47. The molecule has 7 nitrogen and oxygen atoms in total. The summed E-state index contributed by atoms with van der Waals surface area (Å²) in [5.74, 6) is 1.37. The molecule has 1 fully saturated rings. The minimum Gasteiger partial charge on any atom is -0.361 e. The predicted molar refractivity (Wildman–Crippen MR) is 94.8 cm³/mol. The van der Waals surface area contributed by atoms with Crippen molar-refractivity contribution in [2.24, 2.45) is 0 Å². The molecule has 0 radical (unpaired) electrons. The molecule has 1 aliphatic rings. The van der Waals surface area contributed by atoms with E-state index in [0.717, 1.165) is 24.6 Å². The van der Waals surface area contributed by atoms with Crippen molar-refractivity contribution < 1.29 is 9.32 Å². The Labute approximate surface area is 148 Å². The molecule has 1 amide bonds. The summed E-state index contributed by atoms with van der Waals surface area (Å²) >= 11 is 0. The van der Waals surface area contributed by atoms with Gasteiger partial charge in [-0.3, -0.25) is 4.79 Å². The largest absolute Gasteiger partial charge is 0.361 e. The van der Waals surface area contributed by atoms with E-state index < -0.39 is 0 Å². The van der Waals surface area contributed by atoms with Crippen molar-refractivity contribution in [3.8, 4) is 0 Å². The Morgan fingerprint density at radius 2 is 1.92 bits per heavy atom. The Morgan fingerprint density at radius 1 is 1.24 bits per heavy atom. The highest BCUT2D eigenvalue weighted by Crippen LogP contribution is 2.25. The van der Waals surface area contributed by atoms with Crippen molar-refractivity contribution in [3.63, 3.8) is 0 Å². The number of aromatic nitrogens is 3. The molecule has 1 aliphatic heterocycles. The van der Waals surface area contributed by atoms with E-state index in [9.17, 15) is 4.79 Å². The number of rotatable bonds is 3. The molecule has 134 valence electrons. The fourth-order valence-electron chi connectivity index (χ4n) is 2.91. The number of hydrogen-bond acceptors (Lipinski definition) is 6. The third-order valence-corrected chi connectivity index (χ3v) is 4.72. The second-order valence-corrected chi connectivity index (χ2v) is 7.70. The van der Waals surface area contributed by atoms with Gasteiger partial charge < -0.3 is 14.3 Å². The number of carbonyl (C=O) groups excluding carboxylic acids is 1. The van der Waals surface area contributed by atoms with Gasteiger partial charge in [-0.1, -0.05) is 25.9 Å². The summed E-state index contributed by atoms with van der Waals surface area (Å²) in [6.07, 6.45) is 0. The van der Waals surface area contributed by atoms with E-state index in [2.05, 4.69) is 41.0 Å². The maximum absolute atomic E-state index is 12.7. The van der Waals surface area contributed by atoms with Gasteiger partial charge in [-0.25, -0.2) is 0 Å². The smallest absolute Gasteiger partial charge is 0.259 e. The summed E-state index contributed by atoms with van der Waals surface area (Å²) in [5.41, 5.74) is 2.16. The van der Waals surface area contributed by atoms with E-state index in [1.54, 1.807) is 18.7 Å². The number of hydrogen-bond donors (Lipinski definition) is 0. The zero-order valence-corrected chi connectivity index (χ0v) is 15.7. The maximum atomic E-state index is 12.7. The van der Waals surface area contributed by atoms with Crippen molar-refractivity contribution in [2.45, 2.75) is 46.1 Å². The number of carbonyl (C=O) groups is 1. The Bertz CT molecular complexity index is 750. The van der Waals surface area contributed by atoms with E-state index >= 15 is 0 Å². The first-order valence-electron chi connectivity index (χ1n) is 8.47. The summed E-state index contributed by atoms with van der Waals surface area (Å²) < 4.78 is 5.10. The third-order valence-electron chi connectivity index (χ3n) is 4.72. The van der Waals surface area contributed by atoms with Crippen LogP contribution in [0.5, 0.6) is 0 Å². The molecule has 25 heavy (non-hydrogen) atoms. The summed E-state index contributed by atoms with van der Waals surface area (Å²) in [6, 6.07) is 4.17. The zero-order valence-electron chi connectivity index (χ0n) is 15.7. The van der Waals surface area contributed by atoms with Crippen LogP contribution >= 0.6 is 0 Å². The molecule has 0 bridgehead atoms. The maximum Gasteiger partial charge on any atom is 0.259 e. The van der Waals surface area contributed by atoms with Crippen molar-refractivity contribution in [3.05, 3.63) is 34.8 Å². The SMILES string of the molecule is Cc1noc(C)c1C(=O)N(C)C1CN(c2ccc(C(C)(C)C)nn2)C1. The van der Waals surface area contributed by atoms with Crippen molar-refractivity contribution in [1.82, 2.24) is 20.3 Å². The van der Waals surface area contributed by atoms with Gasteiger partial charge in [-0.05, 0) is 26.0 Å². The molecule has 1 saturated heterocycles. The van der Waals surface area contributed by atoms with Crippen molar-refractivity contribution >= 4 is 11.7 Å². The van der Waals surface area contributed by atoms with E-state index in [1.165, 1.54) is 0 Å². The molecule has 3 rings (SSSR count). The van der Waals surface area contributed by atoms with Gasteiger partial charge in [0.15, 0.2) is 5.82 Å². The number of likely N-dealkylation sites (N-methyl/N-ethyl adjacent to an activating group) is 1. The molecule has 3 heterocycles. The van der Waals surface area contributed by atoms with E-state index in [-0.39, 0.29) is 17.4 Å². The fourth-order valence-corrected chi connectivity index (χ4v) is 2.91. The van der Waals surface area contributed by atoms with Crippen LogP contribution in [0.15, 0.2) is 16.7 Å². The molecule has 0 spiro atoms. The Kier molecular flexibility index (Phi) is 4.26. The van der Waals surface area contributed by atoms with Gasteiger partial charge in [0.1, 0.15) is 11.3 Å². The van der Waals surface area contributed by atoms with E-state index in [0.29, 0.717) is 17.0 Å². The van der Waals surface area contributed by atoms with Crippen LogP contribution in [0.2, 0.25) is 0 Å². The summed E-state index contributed by atoms with van der Waals surface area (Å²) in [7, 11) is 1.82. The van der Waals surface area contributed by atoms with Gasteiger partial charge in [-0.2, -0.15) is 5.10 Å². The molecular formula is C18H25N5O2. The second-order valence-electron chi connectivity index (χ2n) is 7.70. The average molecular weight is 343 g/mol. The second kappa shape index (κ2) is 6.13.